The van der Waals surface area contributed by atoms with Gasteiger partial charge in [0.2, 0.25) is 0 Å². The van der Waals surface area contributed by atoms with E-state index < -0.39 is 0 Å². The molecule has 4 heteroatoms. The van der Waals surface area contributed by atoms with Crippen LogP contribution in [0.3, 0.4) is 0 Å². The van der Waals surface area contributed by atoms with Crippen LogP contribution in [-0.2, 0) is 9.47 Å². The van der Waals surface area contributed by atoms with E-state index in [-0.39, 0.29) is 29.3 Å². The molecular formula is C27H44O4. The highest BCUT2D eigenvalue weighted by Gasteiger charge is 2.69. The van der Waals surface area contributed by atoms with Crippen LogP contribution in [0.4, 0.5) is 0 Å². The van der Waals surface area contributed by atoms with Gasteiger partial charge in [0.25, 0.3) is 0 Å². The molecule has 2 N–H and O–H groups in total. The van der Waals surface area contributed by atoms with Crippen molar-refractivity contribution in [3.8, 4) is 0 Å². The third kappa shape index (κ3) is 2.80. The first-order chi connectivity index (χ1) is 14.7. The van der Waals surface area contributed by atoms with E-state index in [1.807, 2.05) is 0 Å². The lowest BCUT2D eigenvalue weighted by atomic mass is 9.43. The van der Waals surface area contributed by atoms with Gasteiger partial charge in [-0.2, -0.15) is 0 Å². The van der Waals surface area contributed by atoms with Crippen molar-refractivity contribution >= 4 is 0 Å². The zero-order chi connectivity index (χ0) is 21.8. The molecule has 2 heterocycles. The van der Waals surface area contributed by atoms with Crippen molar-refractivity contribution in [2.24, 2.45) is 52.3 Å². The number of fused-ring (bicyclic) bond motifs is 7. The minimum atomic E-state index is -0.338. The second kappa shape index (κ2) is 6.93. The summed E-state index contributed by atoms with van der Waals surface area (Å²) in [7, 11) is 0. The van der Waals surface area contributed by atoms with Gasteiger partial charge in [-0.15, -0.1) is 0 Å². The van der Waals surface area contributed by atoms with Crippen LogP contribution in [0.2, 0.25) is 0 Å². The number of aliphatic hydroxyl groups excluding tert-OH is 2. The highest BCUT2D eigenvalue weighted by molar-refractivity contribution is 5.16. The molecule has 0 radical (unpaired) electrons. The lowest BCUT2D eigenvalue weighted by Crippen LogP contribution is -2.58. The van der Waals surface area contributed by atoms with E-state index in [2.05, 4.69) is 27.7 Å². The molecule has 4 nitrogen and oxygen atoms in total. The highest BCUT2D eigenvalue weighted by Crippen LogP contribution is 2.71. The van der Waals surface area contributed by atoms with Crippen LogP contribution in [-0.4, -0.2) is 40.9 Å². The van der Waals surface area contributed by atoms with Gasteiger partial charge >= 0.3 is 0 Å². The standard InChI is InChI=1S/C27H44O4/c1-15-5-10-27(30-14-15)16(2)24-23(31-27)13-20-18-12-22(29)21-11-17(28)6-8-25(21,3)19(18)7-9-26(20,24)4/h15-24,28-29H,5-14H2,1-4H3/t15?,16?,17?,18?,19?,20?,21?,22?,23?,24?,25?,26?,27-/m0/s1. The Labute approximate surface area is 188 Å². The van der Waals surface area contributed by atoms with Crippen LogP contribution in [0.25, 0.3) is 0 Å². The Hall–Kier alpha value is -0.160. The zero-order valence-corrected chi connectivity index (χ0v) is 20.1. The molecule has 0 aromatic rings. The summed E-state index contributed by atoms with van der Waals surface area (Å²) in [6.07, 6.45) is 9.58. The van der Waals surface area contributed by atoms with E-state index in [1.165, 1.54) is 19.3 Å². The molecule has 4 aliphatic carbocycles. The molecule has 2 saturated heterocycles. The monoisotopic (exact) mass is 432 g/mol. The Morgan fingerprint density at radius 3 is 2.32 bits per heavy atom. The average molecular weight is 433 g/mol. The molecule has 0 aromatic carbocycles. The average Bonchev–Trinajstić information content (AvgIpc) is 3.17. The molecule has 0 bridgehead atoms. The molecule has 4 saturated carbocycles. The van der Waals surface area contributed by atoms with Gasteiger partial charge in [-0.3, -0.25) is 0 Å². The van der Waals surface area contributed by atoms with Crippen molar-refractivity contribution < 1.29 is 19.7 Å². The third-order valence-electron chi connectivity index (χ3n) is 11.9. The normalized spacial score (nSPS) is 63.3. The summed E-state index contributed by atoms with van der Waals surface area (Å²) in [5.41, 5.74) is 0.495. The molecule has 0 amide bonds. The molecular weight excluding hydrogens is 388 g/mol. The van der Waals surface area contributed by atoms with Gasteiger partial charge in [-0.25, -0.2) is 0 Å². The number of hydrogen-bond acceptors (Lipinski definition) is 4. The van der Waals surface area contributed by atoms with Gasteiger partial charge in [-0.1, -0.05) is 27.7 Å². The van der Waals surface area contributed by atoms with Crippen molar-refractivity contribution in [3.05, 3.63) is 0 Å². The maximum absolute atomic E-state index is 11.2. The van der Waals surface area contributed by atoms with Crippen molar-refractivity contribution in [1.82, 2.24) is 0 Å². The van der Waals surface area contributed by atoms with Gasteiger partial charge in [0.15, 0.2) is 5.79 Å². The van der Waals surface area contributed by atoms with Gasteiger partial charge in [0, 0.05) is 12.3 Å². The largest absolute Gasteiger partial charge is 0.393 e. The minimum Gasteiger partial charge on any atom is -0.393 e. The molecule has 6 rings (SSSR count). The Bertz CT molecular complexity index is 716. The molecule has 12 unspecified atom stereocenters. The molecule has 6 fully saturated rings. The number of rotatable bonds is 0. The number of hydrogen-bond donors (Lipinski definition) is 2. The molecule has 6 aliphatic rings. The van der Waals surface area contributed by atoms with Gasteiger partial charge in [0.05, 0.1) is 24.9 Å². The summed E-state index contributed by atoms with van der Waals surface area (Å²) in [5, 5.41) is 21.5. The fourth-order valence-electron chi connectivity index (χ4n) is 10.3. The Balaban J connectivity index is 1.28. The summed E-state index contributed by atoms with van der Waals surface area (Å²) < 4.78 is 13.3. The second-order valence-corrected chi connectivity index (χ2v) is 13.2. The van der Waals surface area contributed by atoms with Crippen LogP contribution in [0, 0.1) is 52.3 Å². The van der Waals surface area contributed by atoms with Crippen molar-refractivity contribution in [2.75, 3.05) is 6.61 Å². The number of ether oxygens (including phenoxy) is 2. The van der Waals surface area contributed by atoms with E-state index in [0.29, 0.717) is 47.0 Å². The molecule has 176 valence electrons. The Morgan fingerprint density at radius 1 is 0.806 bits per heavy atom. The quantitative estimate of drug-likeness (QED) is 0.579. The van der Waals surface area contributed by atoms with Crippen molar-refractivity contribution in [3.63, 3.8) is 0 Å². The first-order valence-electron chi connectivity index (χ1n) is 13.4. The van der Waals surface area contributed by atoms with E-state index in [9.17, 15) is 10.2 Å². The molecule has 13 atom stereocenters. The zero-order valence-electron chi connectivity index (χ0n) is 20.1. The molecule has 0 aromatic heterocycles. The van der Waals surface area contributed by atoms with E-state index in [1.54, 1.807) is 0 Å². The van der Waals surface area contributed by atoms with Crippen molar-refractivity contribution in [2.45, 2.75) is 110 Å². The van der Waals surface area contributed by atoms with E-state index in [4.69, 9.17) is 9.47 Å². The van der Waals surface area contributed by atoms with Gasteiger partial charge < -0.3 is 19.7 Å². The van der Waals surface area contributed by atoms with E-state index in [0.717, 1.165) is 45.1 Å². The number of aliphatic hydroxyl groups is 2. The fraction of sp³-hybridized carbons (Fsp3) is 1.00. The third-order valence-corrected chi connectivity index (χ3v) is 11.9. The highest BCUT2D eigenvalue weighted by atomic mass is 16.7. The van der Waals surface area contributed by atoms with Crippen LogP contribution in [0.1, 0.15) is 85.5 Å². The van der Waals surface area contributed by atoms with Crippen LogP contribution in [0.5, 0.6) is 0 Å². The SMILES string of the molecule is CC1CC[C@]2(OC1)OC1CC3C4CC(O)C5CC(O)CCC5(C)C4CCC3(C)C1C2C. The molecule has 1 spiro atoms. The summed E-state index contributed by atoms with van der Waals surface area (Å²) >= 11 is 0. The predicted octanol–water partition coefficient (Wildman–Crippen LogP) is 4.76. The lowest BCUT2D eigenvalue weighted by Gasteiger charge is -2.62. The predicted molar refractivity (Wildman–Crippen MR) is 119 cm³/mol. The fourth-order valence-corrected chi connectivity index (χ4v) is 10.3. The summed E-state index contributed by atoms with van der Waals surface area (Å²) in [6, 6.07) is 0. The summed E-state index contributed by atoms with van der Waals surface area (Å²) in [4.78, 5) is 0. The Morgan fingerprint density at radius 2 is 1.58 bits per heavy atom. The lowest BCUT2D eigenvalue weighted by molar-refractivity contribution is -0.273. The first kappa shape index (κ1) is 21.4. The summed E-state index contributed by atoms with van der Waals surface area (Å²) in [6.45, 7) is 10.6. The Kier molecular flexibility index (Phi) is 4.78. The van der Waals surface area contributed by atoms with Crippen LogP contribution in [0.15, 0.2) is 0 Å². The van der Waals surface area contributed by atoms with Crippen LogP contribution >= 0.6 is 0 Å². The second-order valence-electron chi connectivity index (χ2n) is 13.2. The smallest absolute Gasteiger partial charge is 0.171 e. The molecule has 2 aliphatic heterocycles. The maximum atomic E-state index is 11.2. The van der Waals surface area contributed by atoms with E-state index >= 15 is 0 Å². The van der Waals surface area contributed by atoms with Gasteiger partial charge in [0.1, 0.15) is 0 Å². The maximum Gasteiger partial charge on any atom is 0.171 e. The molecule has 31 heavy (non-hydrogen) atoms. The van der Waals surface area contributed by atoms with Gasteiger partial charge in [-0.05, 0) is 97.7 Å². The summed E-state index contributed by atoms with van der Waals surface area (Å²) in [5.74, 6) is 3.58. The first-order valence-corrected chi connectivity index (χ1v) is 13.4. The van der Waals surface area contributed by atoms with Crippen molar-refractivity contribution in [1.29, 1.82) is 0 Å². The minimum absolute atomic E-state index is 0.191. The topological polar surface area (TPSA) is 58.9 Å². The van der Waals surface area contributed by atoms with Crippen LogP contribution < -0.4 is 0 Å².